The molecule has 1 fully saturated rings. The highest BCUT2D eigenvalue weighted by Gasteiger charge is 2.15. The lowest BCUT2D eigenvalue weighted by molar-refractivity contribution is 0.0956. The van der Waals surface area contributed by atoms with Crippen LogP contribution in [-0.2, 0) is 6.42 Å². The number of carbonyl (C=O) groups excluding carboxylic acids is 1. The van der Waals surface area contributed by atoms with Crippen LogP contribution in [0.4, 0.5) is 0 Å². The van der Waals surface area contributed by atoms with Gasteiger partial charge in [0.2, 0.25) is 0 Å². The van der Waals surface area contributed by atoms with Crippen LogP contribution in [0.15, 0.2) is 6.20 Å². The van der Waals surface area contributed by atoms with Gasteiger partial charge in [-0.25, -0.2) is 4.98 Å². The topological polar surface area (TPSA) is 45.2 Å². The third kappa shape index (κ3) is 5.40. The van der Waals surface area contributed by atoms with E-state index >= 15 is 0 Å². The average Bonchev–Trinajstić information content (AvgIpc) is 2.96. The number of nitrogens with one attached hydrogen (secondary N) is 1. The molecule has 0 bridgehead atoms. The van der Waals surface area contributed by atoms with E-state index in [9.17, 15) is 4.79 Å². The van der Waals surface area contributed by atoms with Crippen molar-refractivity contribution in [2.75, 3.05) is 26.2 Å². The van der Waals surface area contributed by atoms with E-state index in [2.05, 4.69) is 29.0 Å². The molecule has 0 aliphatic carbocycles. The summed E-state index contributed by atoms with van der Waals surface area (Å²) in [5, 5.41) is 4.02. The molecule has 1 amide bonds. The number of thiazole rings is 1. The molecule has 1 aliphatic heterocycles. The predicted octanol–water partition coefficient (Wildman–Crippen LogP) is 2.95. The van der Waals surface area contributed by atoms with E-state index in [1.54, 1.807) is 6.20 Å². The molecule has 1 atom stereocenters. The monoisotopic (exact) mass is 309 g/mol. The van der Waals surface area contributed by atoms with Gasteiger partial charge in [-0.2, -0.15) is 0 Å². The van der Waals surface area contributed by atoms with E-state index in [4.69, 9.17) is 0 Å². The lowest BCUT2D eigenvalue weighted by Gasteiger charge is -2.30. The molecule has 4 nitrogen and oxygen atoms in total. The fraction of sp³-hybridized carbons (Fsp3) is 0.750. The predicted molar refractivity (Wildman–Crippen MR) is 87.9 cm³/mol. The van der Waals surface area contributed by atoms with Crippen LogP contribution in [0.3, 0.4) is 0 Å². The van der Waals surface area contributed by atoms with Gasteiger partial charge < -0.3 is 10.2 Å². The summed E-state index contributed by atoms with van der Waals surface area (Å²) in [6, 6.07) is 0. The molecule has 21 heavy (non-hydrogen) atoms. The zero-order chi connectivity index (χ0) is 15.1. The van der Waals surface area contributed by atoms with Crippen molar-refractivity contribution in [3.05, 3.63) is 16.1 Å². The number of aryl methyl sites for hydroxylation is 1. The Labute approximate surface area is 132 Å². The first kappa shape index (κ1) is 16.4. The highest BCUT2D eigenvalue weighted by Crippen LogP contribution is 2.16. The summed E-state index contributed by atoms with van der Waals surface area (Å²) in [6.45, 7) is 8.82. The quantitative estimate of drug-likeness (QED) is 0.788. The first-order valence-corrected chi connectivity index (χ1v) is 8.96. The van der Waals surface area contributed by atoms with Crippen molar-refractivity contribution in [3.63, 3.8) is 0 Å². The second-order valence-electron chi connectivity index (χ2n) is 5.98. The van der Waals surface area contributed by atoms with Crippen LogP contribution >= 0.6 is 11.3 Å². The number of carbonyl (C=O) groups is 1. The molecule has 0 radical (unpaired) electrons. The van der Waals surface area contributed by atoms with Gasteiger partial charge in [0, 0.05) is 13.1 Å². The Morgan fingerprint density at radius 2 is 2.38 bits per heavy atom. The van der Waals surface area contributed by atoms with Crippen LogP contribution in [0, 0.1) is 5.92 Å². The van der Waals surface area contributed by atoms with Crippen molar-refractivity contribution in [2.24, 2.45) is 5.92 Å². The molecule has 1 aromatic heterocycles. The van der Waals surface area contributed by atoms with Crippen molar-refractivity contribution in [1.82, 2.24) is 15.2 Å². The smallest absolute Gasteiger partial charge is 0.263 e. The van der Waals surface area contributed by atoms with Crippen molar-refractivity contribution in [2.45, 2.75) is 46.0 Å². The van der Waals surface area contributed by atoms with Crippen molar-refractivity contribution < 1.29 is 4.79 Å². The molecule has 2 rings (SSSR count). The molecule has 0 saturated carbocycles. The number of aromatic nitrogens is 1. The molecule has 5 heteroatoms. The number of piperidine rings is 1. The zero-order valence-electron chi connectivity index (χ0n) is 13.2. The lowest BCUT2D eigenvalue weighted by Crippen LogP contribution is -2.35. The van der Waals surface area contributed by atoms with E-state index in [0.717, 1.165) is 41.6 Å². The van der Waals surface area contributed by atoms with Crippen molar-refractivity contribution in [3.8, 4) is 0 Å². The summed E-state index contributed by atoms with van der Waals surface area (Å²) >= 11 is 1.50. The van der Waals surface area contributed by atoms with Crippen LogP contribution in [0.25, 0.3) is 0 Å². The van der Waals surface area contributed by atoms with Gasteiger partial charge >= 0.3 is 0 Å². The van der Waals surface area contributed by atoms with E-state index in [1.165, 1.54) is 43.8 Å². The first-order valence-electron chi connectivity index (χ1n) is 8.14. The van der Waals surface area contributed by atoms with E-state index in [1.807, 2.05) is 0 Å². The molecule has 1 aliphatic rings. The highest BCUT2D eigenvalue weighted by atomic mass is 32.1. The first-order chi connectivity index (χ1) is 10.2. The van der Waals surface area contributed by atoms with E-state index < -0.39 is 0 Å². The maximum absolute atomic E-state index is 11.9. The van der Waals surface area contributed by atoms with Crippen molar-refractivity contribution >= 4 is 17.2 Å². The summed E-state index contributed by atoms with van der Waals surface area (Å²) in [7, 11) is 0. The van der Waals surface area contributed by atoms with Crippen molar-refractivity contribution in [1.29, 1.82) is 0 Å². The van der Waals surface area contributed by atoms with Crippen LogP contribution < -0.4 is 5.32 Å². The molecule has 118 valence electrons. The maximum atomic E-state index is 11.9. The molecular formula is C16H27N3OS. The highest BCUT2D eigenvalue weighted by molar-refractivity contribution is 7.13. The van der Waals surface area contributed by atoms with Gasteiger partial charge in [-0.15, -0.1) is 11.3 Å². The largest absolute Gasteiger partial charge is 0.351 e. The summed E-state index contributed by atoms with van der Waals surface area (Å²) < 4.78 is 0. The summed E-state index contributed by atoms with van der Waals surface area (Å²) in [5.74, 6) is 0.872. The Bertz CT molecular complexity index is 446. The second-order valence-corrected chi connectivity index (χ2v) is 7.10. The molecule has 2 heterocycles. The van der Waals surface area contributed by atoms with E-state index in [-0.39, 0.29) is 5.91 Å². The van der Waals surface area contributed by atoms with Gasteiger partial charge in [-0.05, 0) is 51.1 Å². The number of hydrogen-bond acceptors (Lipinski definition) is 4. The Morgan fingerprint density at radius 3 is 3.10 bits per heavy atom. The van der Waals surface area contributed by atoms with Gasteiger partial charge in [0.05, 0.1) is 11.2 Å². The molecular weight excluding hydrogens is 282 g/mol. The third-order valence-electron chi connectivity index (χ3n) is 4.01. The molecule has 1 N–H and O–H groups in total. The van der Waals surface area contributed by atoms with Gasteiger partial charge in [-0.1, -0.05) is 13.8 Å². The number of rotatable bonds is 7. The summed E-state index contributed by atoms with van der Waals surface area (Å²) in [4.78, 5) is 19.4. The van der Waals surface area contributed by atoms with Gasteiger partial charge in [-0.3, -0.25) is 4.79 Å². The lowest BCUT2D eigenvalue weighted by atomic mass is 10.0. The fourth-order valence-corrected chi connectivity index (χ4v) is 3.59. The minimum absolute atomic E-state index is 0.0267. The van der Waals surface area contributed by atoms with Crippen LogP contribution in [-0.4, -0.2) is 42.0 Å². The fourth-order valence-electron chi connectivity index (χ4n) is 2.82. The molecule has 1 unspecified atom stereocenters. The van der Waals surface area contributed by atoms with Crippen LogP contribution in [0.2, 0.25) is 0 Å². The number of hydrogen-bond donors (Lipinski definition) is 1. The van der Waals surface area contributed by atoms with Crippen LogP contribution in [0.1, 0.15) is 54.2 Å². The molecule has 1 aromatic rings. The number of amides is 1. The summed E-state index contributed by atoms with van der Waals surface area (Å²) in [5.41, 5.74) is 0. The van der Waals surface area contributed by atoms with Gasteiger partial charge in [0.25, 0.3) is 5.91 Å². The van der Waals surface area contributed by atoms with Gasteiger partial charge in [0.15, 0.2) is 0 Å². The Balaban J connectivity index is 1.58. The second kappa shape index (κ2) is 8.49. The molecule has 1 saturated heterocycles. The number of unbranched alkanes of at least 4 members (excludes halogenated alkanes) is 1. The maximum Gasteiger partial charge on any atom is 0.263 e. The third-order valence-corrected chi connectivity index (χ3v) is 5.15. The zero-order valence-corrected chi connectivity index (χ0v) is 14.0. The summed E-state index contributed by atoms with van der Waals surface area (Å²) in [6.07, 6.45) is 7.51. The standard InChI is InChI=1S/C16H27N3OS/c1-3-15-18-11-14(21-15)16(20)17-8-4-5-9-19-10-6-7-13(2)12-19/h11,13H,3-10,12H2,1-2H3,(H,17,20). The normalized spacial score (nSPS) is 19.6. The Morgan fingerprint density at radius 1 is 1.52 bits per heavy atom. The van der Waals surface area contributed by atoms with Crippen LogP contribution in [0.5, 0.6) is 0 Å². The molecule has 0 aromatic carbocycles. The number of nitrogens with zero attached hydrogens (tertiary/aromatic N) is 2. The van der Waals surface area contributed by atoms with E-state index in [0.29, 0.717) is 0 Å². The minimum atomic E-state index is 0.0267. The number of likely N-dealkylation sites (tertiary alicyclic amines) is 1. The minimum Gasteiger partial charge on any atom is -0.351 e. The van der Waals surface area contributed by atoms with Gasteiger partial charge in [0.1, 0.15) is 4.88 Å². The molecule has 0 spiro atoms. The Kier molecular flexibility index (Phi) is 6.64. The SMILES string of the molecule is CCc1ncc(C(=O)NCCCCN2CCCC(C)C2)s1. The average molecular weight is 309 g/mol. The Hall–Kier alpha value is -0.940.